The lowest BCUT2D eigenvalue weighted by Gasteiger charge is -2.27. The molecule has 0 unspecified atom stereocenters. The summed E-state index contributed by atoms with van der Waals surface area (Å²) in [7, 11) is 0. The van der Waals surface area contributed by atoms with E-state index < -0.39 is 0 Å². The van der Waals surface area contributed by atoms with E-state index in [1.165, 1.54) is 22.3 Å². The molecule has 0 saturated carbocycles. The molecule has 0 aliphatic carbocycles. The lowest BCUT2D eigenvalue weighted by atomic mass is 9.92. The number of benzene rings is 8. The minimum atomic E-state index is 0.904. The van der Waals surface area contributed by atoms with Crippen LogP contribution in [0.25, 0.3) is 76.1 Å². The van der Waals surface area contributed by atoms with Gasteiger partial charge in [0, 0.05) is 44.5 Å². The minimum absolute atomic E-state index is 0.904. The van der Waals surface area contributed by atoms with E-state index in [0.717, 1.165) is 94.9 Å². The largest absolute Gasteiger partial charge is 0.455 e. The van der Waals surface area contributed by atoms with Crippen LogP contribution in [-0.2, 0) is 12.8 Å². The number of fused-ring (bicyclic) bond motifs is 4. The molecule has 0 amide bonds. The van der Waals surface area contributed by atoms with Crippen molar-refractivity contribution in [3.05, 3.63) is 193 Å². The van der Waals surface area contributed by atoms with E-state index in [1.807, 2.05) is 6.07 Å². The van der Waals surface area contributed by atoms with E-state index in [9.17, 15) is 0 Å². The molecule has 2 aromatic heterocycles. The molecule has 0 aliphatic rings. The summed E-state index contributed by atoms with van der Waals surface area (Å²) >= 11 is 1.74. The Morgan fingerprint density at radius 3 is 1.68 bits per heavy atom. The molecule has 0 N–H and O–H groups in total. The molecule has 274 valence electrons. The maximum absolute atomic E-state index is 6.79. The third-order valence-corrected chi connectivity index (χ3v) is 12.2. The van der Waals surface area contributed by atoms with Crippen LogP contribution in [0.2, 0.25) is 0 Å². The van der Waals surface area contributed by atoms with Gasteiger partial charge in [0.2, 0.25) is 0 Å². The van der Waals surface area contributed by atoms with Crippen molar-refractivity contribution in [2.45, 2.75) is 26.7 Å². The number of para-hydroxylation sites is 2. The Bertz CT molecular complexity index is 3030. The summed E-state index contributed by atoms with van der Waals surface area (Å²) in [6.45, 7) is 4.49. The average molecular weight is 753 g/mol. The van der Waals surface area contributed by atoms with Crippen molar-refractivity contribution in [2.75, 3.05) is 4.90 Å². The fraction of sp³-hybridized carbons (Fsp3) is 0.0755. The monoisotopic (exact) mass is 752 g/mol. The van der Waals surface area contributed by atoms with Crippen LogP contribution in [-0.4, -0.2) is 4.98 Å². The van der Waals surface area contributed by atoms with E-state index in [-0.39, 0.29) is 0 Å². The number of furan rings is 1. The molecule has 2 heterocycles. The average Bonchev–Trinajstić information content (AvgIpc) is 3.89. The Balaban J connectivity index is 1.09. The van der Waals surface area contributed by atoms with Crippen molar-refractivity contribution in [1.29, 1.82) is 0 Å². The summed E-state index contributed by atoms with van der Waals surface area (Å²) in [6, 6.07) is 65.2. The van der Waals surface area contributed by atoms with Gasteiger partial charge in [-0.05, 0) is 88.7 Å². The number of nitrogens with zero attached hydrogens (tertiary/aromatic N) is 2. The molecular weight excluding hydrogens is 713 g/mol. The van der Waals surface area contributed by atoms with E-state index in [0.29, 0.717) is 0 Å². The lowest BCUT2D eigenvalue weighted by Crippen LogP contribution is -2.10. The first-order valence-electron chi connectivity index (χ1n) is 19.7. The maximum Gasteiger partial charge on any atom is 0.143 e. The number of aromatic nitrogens is 1. The van der Waals surface area contributed by atoms with Crippen molar-refractivity contribution in [3.63, 3.8) is 0 Å². The highest BCUT2D eigenvalue weighted by Gasteiger charge is 2.19. The van der Waals surface area contributed by atoms with Crippen LogP contribution in [0, 0.1) is 0 Å². The summed E-state index contributed by atoms with van der Waals surface area (Å²) in [5.74, 6) is 0. The highest BCUT2D eigenvalue weighted by Crippen LogP contribution is 2.43. The predicted molar refractivity (Wildman–Crippen MR) is 242 cm³/mol. The molecule has 0 bridgehead atoms. The summed E-state index contributed by atoms with van der Waals surface area (Å²) in [5, 5.41) is 3.28. The van der Waals surface area contributed by atoms with Gasteiger partial charge in [-0.3, -0.25) is 0 Å². The van der Waals surface area contributed by atoms with Crippen LogP contribution in [0.4, 0.5) is 17.1 Å². The number of thiazole rings is 1. The third kappa shape index (κ3) is 6.29. The highest BCUT2D eigenvalue weighted by molar-refractivity contribution is 7.21. The predicted octanol–water partition coefficient (Wildman–Crippen LogP) is 15.5. The van der Waals surface area contributed by atoms with Crippen LogP contribution in [0.5, 0.6) is 0 Å². The fourth-order valence-corrected chi connectivity index (χ4v) is 9.26. The smallest absolute Gasteiger partial charge is 0.143 e. The fourth-order valence-electron chi connectivity index (χ4n) is 8.25. The molecule has 0 spiro atoms. The van der Waals surface area contributed by atoms with Crippen molar-refractivity contribution in [3.8, 4) is 44.0 Å². The number of anilines is 3. The first-order valence-corrected chi connectivity index (χ1v) is 20.6. The van der Waals surface area contributed by atoms with Crippen LogP contribution >= 0.6 is 11.3 Å². The van der Waals surface area contributed by atoms with Gasteiger partial charge in [0.1, 0.15) is 16.2 Å². The molecule has 0 atom stereocenters. The zero-order valence-electron chi connectivity index (χ0n) is 31.9. The molecule has 0 radical (unpaired) electrons. The molecular formula is C53H40N2OS. The molecule has 3 nitrogen and oxygen atoms in total. The van der Waals surface area contributed by atoms with Gasteiger partial charge in [-0.25, -0.2) is 4.98 Å². The summed E-state index contributed by atoms with van der Waals surface area (Å²) in [6.07, 6.45) is 1.92. The quantitative estimate of drug-likeness (QED) is 0.147. The van der Waals surface area contributed by atoms with E-state index in [2.05, 4.69) is 195 Å². The molecule has 0 saturated heterocycles. The van der Waals surface area contributed by atoms with E-state index >= 15 is 0 Å². The molecule has 0 aliphatic heterocycles. The van der Waals surface area contributed by atoms with Crippen LogP contribution in [0.1, 0.15) is 25.0 Å². The molecule has 10 rings (SSSR count). The molecule has 4 heteroatoms. The standard InChI is InChI=1S/C53H40N2OS/c1-3-35-15-11-12-20-43(35)44-31-29-41(33-36(44)4-2)55(42-30-32-49-50(34-42)57-53(54-49)39-18-9-6-10-19-39)40-27-25-38(26-28-40)46-22-14-24-48-47-23-13-21-45(51(47)56-52(46)48)37-16-7-5-8-17-37/h5-34H,3-4H2,1-2H3. The zero-order valence-corrected chi connectivity index (χ0v) is 32.8. The topological polar surface area (TPSA) is 29.3 Å². The van der Waals surface area contributed by atoms with Crippen LogP contribution in [0.3, 0.4) is 0 Å². The SMILES string of the molecule is CCc1ccccc1-c1ccc(N(c2ccc(-c3cccc4c3oc3c(-c5ccccc5)cccc34)cc2)c2ccc3nc(-c4ccccc4)sc3c2)cc1CC. The lowest BCUT2D eigenvalue weighted by molar-refractivity contribution is 0.671. The van der Waals surface area contributed by atoms with Crippen LogP contribution in [0.15, 0.2) is 186 Å². The van der Waals surface area contributed by atoms with Crippen molar-refractivity contribution in [1.82, 2.24) is 4.98 Å². The normalized spacial score (nSPS) is 11.5. The minimum Gasteiger partial charge on any atom is -0.455 e. The first-order chi connectivity index (χ1) is 28.2. The van der Waals surface area contributed by atoms with Gasteiger partial charge in [-0.2, -0.15) is 0 Å². The number of hydrogen-bond acceptors (Lipinski definition) is 4. The number of rotatable bonds is 9. The number of hydrogen-bond donors (Lipinski definition) is 0. The second-order valence-electron chi connectivity index (χ2n) is 14.5. The van der Waals surface area contributed by atoms with E-state index in [4.69, 9.17) is 9.40 Å². The Hall–Kier alpha value is -6.75. The third-order valence-electron chi connectivity index (χ3n) is 11.1. The van der Waals surface area contributed by atoms with Gasteiger partial charge in [0.15, 0.2) is 0 Å². The van der Waals surface area contributed by atoms with Gasteiger partial charge in [-0.1, -0.05) is 153 Å². The van der Waals surface area contributed by atoms with E-state index in [1.54, 1.807) is 11.3 Å². The van der Waals surface area contributed by atoms with Crippen LogP contribution < -0.4 is 4.90 Å². The van der Waals surface area contributed by atoms with Gasteiger partial charge >= 0.3 is 0 Å². The number of aryl methyl sites for hydroxylation is 2. The maximum atomic E-state index is 6.79. The zero-order chi connectivity index (χ0) is 38.3. The second kappa shape index (κ2) is 14.7. The van der Waals surface area contributed by atoms with Gasteiger partial charge in [0.05, 0.1) is 10.2 Å². The van der Waals surface area contributed by atoms with Crippen molar-refractivity contribution >= 4 is 60.6 Å². The summed E-state index contributed by atoms with van der Waals surface area (Å²) in [5.41, 5.74) is 17.0. The van der Waals surface area contributed by atoms with Gasteiger partial charge in [-0.15, -0.1) is 11.3 Å². The molecule has 0 fully saturated rings. The Morgan fingerprint density at radius 2 is 1.00 bits per heavy atom. The van der Waals surface area contributed by atoms with Gasteiger partial charge in [0.25, 0.3) is 0 Å². The summed E-state index contributed by atoms with van der Waals surface area (Å²) in [4.78, 5) is 7.40. The first kappa shape index (κ1) is 34.7. The highest BCUT2D eigenvalue weighted by atomic mass is 32.1. The Morgan fingerprint density at radius 1 is 0.456 bits per heavy atom. The van der Waals surface area contributed by atoms with Gasteiger partial charge < -0.3 is 9.32 Å². The van der Waals surface area contributed by atoms with Crippen molar-refractivity contribution in [2.24, 2.45) is 0 Å². The van der Waals surface area contributed by atoms with Crippen molar-refractivity contribution < 1.29 is 4.42 Å². The Kier molecular flexibility index (Phi) is 8.97. The summed E-state index contributed by atoms with van der Waals surface area (Å²) < 4.78 is 7.95. The molecule has 10 aromatic rings. The molecule has 57 heavy (non-hydrogen) atoms. The molecule has 8 aromatic carbocycles. The Labute approximate surface area is 337 Å². The second-order valence-corrected chi connectivity index (χ2v) is 15.5.